The highest BCUT2D eigenvalue weighted by Crippen LogP contribution is 2.27. The first-order chi connectivity index (χ1) is 9.69. The van der Waals surface area contributed by atoms with E-state index in [1.165, 1.54) is 0 Å². The summed E-state index contributed by atoms with van der Waals surface area (Å²) in [4.78, 5) is 3.16. The number of halogens is 3. The van der Waals surface area contributed by atoms with E-state index in [0.29, 0.717) is 24.1 Å². The molecule has 0 unspecified atom stereocenters. The summed E-state index contributed by atoms with van der Waals surface area (Å²) >= 11 is 12.8. The van der Waals surface area contributed by atoms with Crippen molar-refractivity contribution in [2.75, 3.05) is 19.1 Å². The number of likely N-dealkylation sites (tertiary alicyclic amines) is 1. The van der Waals surface area contributed by atoms with Gasteiger partial charge in [0.15, 0.2) is 5.22 Å². The Kier molecular flexibility index (Phi) is 6.36. The maximum atomic E-state index is 12.4. The Morgan fingerprint density at radius 2 is 2.05 bits per heavy atom. The minimum atomic E-state index is -0.579. The molecular formula is C14H16Cl2FNOS. The van der Waals surface area contributed by atoms with Crippen molar-refractivity contribution in [3.05, 3.63) is 34.9 Å². The molecule has 2 nitrogen and oxygen atoms in total. The van der Waals surface area contributed by atoms with Crippen LogP contribution in [0.4, 0.5) is 4.39 Å². The van der Waals surface area contributed by atoms with Gasteiger partial charge in [-0.3, -0.25) is 4.90 Å². The summed E-state index contributed by atoms with van der Waals surface area (Å²) < 4.78 is 17.6. The average molecular weight is 336 g/mol. The zero-order chi connectivity index (χ0) is 14.4. The number of nitrogens with zero attached hydrogens (tertiary/aromatic N) is 1. The summed E-state index contributed by atoms with van der Waals surface area (Å²) in [5.74, 6) is 0.838. The maximum absolute atomic E-state index is 12.4. The Morgan fingerprint density at radius 3 is 2.55 bits per heavy atom. The van der Waals surface area contributed by atoms with Gasteiger partial charge < -0.3 is 4.42 Å². The molecule has 3 heterocycles. The molecular weight excluding hydrogens is 320 g/mol. The van der Waals surface area contributed by atoms with Crippen LogP contribution in [0.25, 0.3) is 10.6 Å². The predicted octanol–water partition coefficient (Wildman–Crippen LogP) is 5.28. The van der Waals surface area contributed by atoms with Crippen molar-refractivity contribution in [1.82, 2.24) is 4.90 Å². The molecule has 1 saturated heterocycles. The van der Waals surface area contributed by atoms with Crippen LogP contribution < -0.4 is 0 Å². The molecule has 2 aromatic heterocycles. The molecule has 0 spiro atoms. The zero-order valence-electron chi connectivity index (χ0n) is 10.9. The van der Waals surface area contributed by atoms with E-state index in [-0.39, 0.29) is 0 Å². The standard InChI is InChI=1S/C8H5ClOS.C6H11ClFN/c9-8-4-3-6(10-8)7-2-1-5-11-7;7-5-9-3-1-6(8)2-4-9/h1-5H;6H,1-5H2. The minimum absolute atomic E-state index is 0.438. The van der Waals surface area contributed by atoms with Crippen LogP contribution in [-0.4, -0.2) is 30.2 Å². The monoisotopic (exact) mass is 335 g/mol. The first-order valence-electron chi connectivity index (χ1n) is 6.40. The molecule has 0 N–H and O–H groups in total. The average Bonchev–Trinajstić information content (AvgIpc) is 3.11. The van der Waals surface area contributed by atoms with E-state index in [2.05, 4.69) is 4.90 Å². The highest BCUT2D eigenvalue weighted by atomic mass is 35.5. The minimum Gasteiger partial charge on any atom is -0.444 e. The highest BCUT2D eigenvalue weighted by Gasteiger charge is 2.16. The lowest BCUT2D eigenvalue weighted by Gasteiger charge is -2.25. The van der Waals surface area contributed by atoms with Crippen LogP contribution in [0, 0.1) is 0 Å². The first kappa shape index (κ1) is 15.8. The highest BCUT2D eigenvalue weighted by molar-refractivity contribution is 7.13. The molecule has 0 aliphatic carbocycles. The molecule has 3 rings (SSSR count). The lowest BCUT2D eigenvalue weighted by molar-refractivity contribution is 0.168. The van der Waals surface area contributed by atoms with Crippen LogP contribution in [0.1, 0.15) is 12.8 Å². The molecule has 0 aromatic carbocycles. The molecule has 0 amide bonds. The Balaban J connectivity index is 0.000000151. The van der Waals surface area contributed by atoms with E-state index in [1.807, 2.05) is 23.6 Å². The summed E-state index contributed by atoms with van der Waals surface area (Å²) in [6.45, 7) is 1.65. The molecule has 110 valence electrons. The normalized spacial score (nSPS) is 16.8. The van der Waals surface area contributed by atoms with Gasteiger partial charge in [0, 0.05) is 13.1 Å². The number of alkyl halides is 2. The summed E-state index contributed by atoms with van der Waals surface area (Å²) in [5, 5.41) is 2.44. The second kappa shape index (κ2) is 8.03. The van der Waals surface area contributed by atoms with Gasteiger partial charge in [-0.2, -0.15) is 0 Å². The van der Waals surface area contributed by atoms with Crippen LogP contribution in [0.2, 0.25) is 5.22 Å². The van der Waals surface area contributed by atoms with Crippen molar-refractivity contribution in [2.24, 2.45) is 0 Å². The van der Waals surface area contributed by atoms with Crippen molar-refractivity contribution in [2.45, 2.75) is 19.0 Å². The van der Waals surface area contributed by atoms with Crippen molar-refractivity contribution >= 4 is 34.5 Å². The number of furan rings is 1. The van der Waals surface area contributed by atoms with Gasteiger partial charge in [-0.05, 0) is 48.0 Å². The van der Waals surface area contributed by atoms with E-state index < -0.39 is 6.17 Å². The Bertz CT molecular complexity index is 495. The molecule has 1 aliphatic heterocycles. The number of thiophene rings is 1. The molecule has 1 aliphatic rings. The van der Waals surface area contributed by atoms with Crippen molar-refractivity contribution in [3.63, 3.8) is 0 Å². The van der Waals surface area contributed by atoms with E-state index in [4.69, 9.17) is 27.6 Å². The Hall–Kier alpha value is -0.550. The Morgan fingerprint density at radius 1 is 1.30 bits per heavy atom. The van der Waals surface area contributed by atoms with E-state index >= 15 is 0 Å². The van der Waals surface area contributed by atoms with Gasteiger partial charge in [-0.25, -0.2) is 4.39 Å². The van der Waals surface area contributed by atoms with Crippen LogP contribution in [0.15, 0.2) is 34.1 Å². The van der Waals surface area contributed by atoms with Gasteiger partial charge in [0.2, 0.25) is 0 Å². The lowest BCUT2D eigenvalue weighted by Crippen LogP contribution is -2.33. The van der Waals surface area contributed by atoms with Crippen LogP contribution in [-0.2, 0) is 0 Å². The van der Waals surface area contributed by atoms with Gasteiger partial charge >= 0.3 is 0 Å². The summed E-state index contributed by atoms with van der Waals surface area (Å²) in [6.07, 6.45) is 0.740. The van der Waals surface area contributed by atoms with Gasteiger partial charge in [-0.15, -0.1) is 22.9 Å². The van der Waals surface area contributed by atoms with Gasteiger partial charge in [0.25, 0.3) is 0 Å². The predicted molar refractivity (Wildman–Crippen MR) is 83.5 cm³/mol. The third-order valence-corrected chi connectivity index (χ3v) is 4.45. The summed E-state index contributed by atoms with van der Waals surface area (Å²) in [5.41, 5.74) is 0. The fourth-order valence-electron chi connectivity index (χ4n) is 1.89. The number of hydrogen-bond donors (Lipinski definition) is 0. The second-order valence-electron chi connectivity index (χ2n) is 4.49. The number of piperidine rings is 1. The molecule has 2 aromatic rings. The molecule has 6 heteroatoms. The van der Waals surface area contributed by atoms with Gasteiger partial charge in [-0.1, -0.05) is 6.07 Å². The quantitative estimate of drug-likeness (QED) is 0.548. The largest absolute Gasteiger partial charge is 0.444 e. The van der Waals surface area contributed by atoms with E-state index in [0.717, 1.165) is 23.7 Å². The second-order valence-corrected chi connectivity index (χ2v) is 6.05. The van der Waals surface area contributed by atoms with Crippen molar-refractivity contribution < 1.29 is 8.81 Å². The van der Waals surface area contributed by atoms with Gasteiger partial charge in [0.1, 0.15) is 11.9 Å². The molecule has 0 radical (unpaired) electrons. The molecule has 0 saturated carbocycles. The van der Waals surface area contributed by atoms with E-state index in [1.54, 1.807) is 17.4 Å². The van der Waals surface area contributed by atoms with Crippen LogP contribution >= 0.6 is 34.5 Å². The molecule has 0 atom stereocenters. The first-order valence-corrected chi connectivity index (χ1v) is 8.20. The summed E-state index contributed by atoms with van der Waals surface area (Å²) in [7, 11) is 0. The zero-order valence-corrected chi connectivity index (χ0v) is 13.2. The number of hydrogen-bond acceptors (Lipinski definition) is 3. The van der Waals surface area contributed by atoms with Crippen LogP contribution in [0.5, 0.6) is 0 Å². The third kappa shape index (κ3) is 4.77. The van der Waals surface area contributed by atoms with Crippen molar-refractivity contribution in [3.8, 4) is 10.6 Å². The van der Waals surface area contributed by atoms with Crippen molar-refractivity contribution in [1.29, 1.82) is 0 Å². The van der Waals surface area contributed by atoms with E-state index in [9.17, 15) is 4.39 Å². The third-order valence-electron chi connectivity index (χ3n) is 3.02. The fourth-order valence-corrected chi connectivity index (χ4v) is 2.96. The maximum Gasteiger partial charge on any atom is 0.193 e. The number of rotatable bonds is 2. The lowest BCUT2D eigenvalue weighted by atomic mass is 10.1. The van der Waals surface area contributed by atoms with Crippen LogP contribution in [0.3, 0.4) is 0 Å². The Labute approximate surface area is 132 Å². The van der Waals surface area contributed by atoms with Gasteiger partial charge in [0.05, 0.1) is 10.9 Å². The smallest absolute Gasteiger partial charge is 0.193 e. The summed E-state index contributed by atoms with van der Waals surface area (Å²) in [6, 6.07) is 8.15. The SMILES string of the molecule is Clc1ccc(-c2cccs2)o1.FC1CCN(CCl)CC1. The molecule has 0 bridgehead atoms. The fraction of sp³-hybridized carbons (Fsp3) is 0.429. The molecule has 20 heavy (non-hydrogen) atoms. The topological polar surface area (TPSA) is 16.4 Å². The molecule has 1 fully saturated rings.